The predicted octanol–water partition coefficient (Wildman–Crippen LogP) is 0.767. The van der Waals surface area contributed by atoms with Crippen molar-refractivity contribution in [2.24, 2.45) is 0 Å². The van der Waals surface area contributed by atoms with Crippen LogP contribution < -0.4 is 0 Å². The quantitative estimate of drug-likeness (QED) is 0.760. The molecule has 3 aliphatic heterocycles. The van der Waals surface area contributed by atoms with E-state index >= 15 is 0 Å². The molecule has 1 N–H and O–H groups in total. The van der Waals surface area contributed by atoms with Gasteiger partial charge < -0.3 is 28.8 Å². The molecule has 6 atom stereocenters. The van der Waals surface area contributed by atoms with Crippen molar-refractivity contribution in [2.45, 2.75) is 82.5 Å². The first kappa shape index (κ1) is 15.2. The molecule has 3 aliphatic rings. The summed E-state index contributed by atoms with van der Waals surface area (Å²) >= 11 is 0. The number of hydrogen-bond acceptors (Lipinski definition) is 6. The summed E-state index contributed by atoms with van der Waals surface area (Å²) in [6, 6.07) is 0. The van der Waals surface area contributed by atoms with Crippen molar-refractivity contribution < 1.29 is 28.8 Å². The fraction of sp³-hybridized carbons (Fsp3) is 0.867. The molecule has 0 saturated carbocycles. The van der Waals surface area contributed by atoms with Crippen molar-refractivity contribution in [2.75, 3.05) is 0 Å². The highest BCUT2D eigenvalue weighted by molar-refractivity contribution is 5.03. The second kappa shape index (κ2) is 4.92. The highest BCUT2D eigenvalue weighted by atomic mass is 16.9. The predicted molar refractivity (Wildman–Crippen MR) is 72.0 cm³/mol. The van der Waals surface area contributed by atoms with E-state index in [0.29, 0.717) is 0 Å². The summed E-state index contributed by atoms with van der Waals surface area (Å²) < 4.78 is 29.3. The first-order chi connectivity index (χ1) is 9.72. The van der Waals surface area contributed by atoms with Crippen LogP contribution in [0.25, 0.3) is 0 Å². The van der Waals surface area contributed by atoms with E-state index in [1.807, 2.05) is 27.7 Å². The van der Waals surface area contributed by atoms with Crippen LogP contribution in [0.4, 0.5) is 0 Å². The molecule has 0 radical (unpaired) electrons. The van der Waals surface area contributed by atoms with E-state index in [1.165, 1.54) is 0 Å². The van der Waals surface area contributed by atoms with Crippen LogP contribution in [0.2, 0.25) is 0 Å². The first-order valence-electron chi connectivity index (χ1n) is 7.21. The van der Waals surface area contributed by atoms with Gasteiger partial charge in [-0.2, -0.15) is 0 Å². The van der Waals surface area contributed by atoms with Crippen LogP contribution in [0.3, 0.4) is 0 Å². The lowest BCUT2D eigenvalue weighted by molar-refractivity contribution is -0.252. The van der Waals surface area contributed by atoms with Crippen LogP contribution in [0.1, 0.15) is 34.1 Å². The third-order valence-electron chi connectivity index (χ3n) is 3.90. The van der Waals surface area contributed by atoms with Crippen LogP contribution in [0.5, 0.6) is 0 Å². The molecule has 0 spiro atoms. The molecular weight excluding hydrogens is 276 g/mol. The Hall–Kier alpha value is -0.680. The Balaban J connectivity index is 1.87. The number of aliphatic hydroxyl groups excluding tert-OH is 1. The maximum atomic E-state index is 10.2. The highest BCUT2D eigenvalue weighted by Crippen LogP contribution is 2.44. The fourth-order valence-electron chi connectivity index (χ4n) is 3.19. The molecule has 0 bridgehead atoms. The standard InChI is InChI=1S/C15H22O6/c1-6-7-8(16)9-10-11(19-14(2,3)18-10)12-13(17-9)21-15(4,5)20-12/h1,8-13,16H,7H2,2-5H3/t8?,9-,10+,11+,12-,13-/m1/s1. The average molecular weight is 298 g/mol. The molecule has 6 nitrogen and oxygen atoms in total. The molecule has 0 aliphatic carbocycles. The van der Waals surface area contributed by atoms with Gasteiger partial charge in [0.2, 0.25) is 0 Å². The van der Waals surface area contributed by atoms with Gasteiger partial charge in [0.25, 0.3) is 0 Å². The van der Waals surface area contributed by atoms with Gasteiger partial charge in [-0.3, -0.25) is 0 Å². The van der Waals surface area contributed by atoms with Crippen LogP contribution in [0.15, 0.2) is 0 Å². The average Bonchev–Trinajstić information content (AvgIpc) is 2.82. The van der Waals surface area contributed by atoms with Crippen molar-refractivity contribution in [1.82, 2.24) is 0 Å². The lowest BCUT2D eigenvalue weighted by atomic mass is 9.94. The van der Waals surface area contributed by atoms with Gasteiger partial charge in [0.05, 0.1) is 6.10 Å². The molecule has 3 saturated heterocycles. The van der Waals surface area contributed by atoms with Crippen molar-refractivity contribution in [3.05, 3.63) is 0 Å². The number of hydrogen-bond donors (Lipinski definition) is 1. The molecular formula is C15H22O6. The molecule has 6 heteroatoms. The summed E-state index contributed by atoms with van der Waals surface area (Å²) in [6.45, 7) is 7.28. The summed E-state index contributed by atoms with van der Waals surface area (Å²) in [6.07, 6.45) is 2.22. The molecule has 0 aromatic rings. The Labute approximate surface area is 124 Å². The summed E-state index contributed by atoms with van der Waals surface area (Å²) in [7, 11) is 0. The zero-order valence-electron chi connectivity index (χ0n) is 12.7. The lowest BCUT2D eigenvalue weighted by Crippen LogP contribution is -2.58. The zero-order chi connectivity index (χ0) is 15.4. The molecule has 3 fully saturated rings. The summed E-state index contributed by atoms with van der Waals surface area (Å²) in [5, 5.41) is 10.2. The van der Waals surface area contributed by atoms with Gasteiger partial charge in [0.15, 0.2) is 17.9 Å². The third kappa shape index (κ3) is 2.70. The van der Waals surface area contributed by atoms with Gasteiger partial charge in [-0.05, 0) is 27.7 Å². The number of terminal acetylenes is 1. The van der Waals surface area contributed by atoms with Crippen molar-refractivity contribution in [1.29, 1.82) is 0 Å². The van der Waals surface area contributed by atoms with Crippen molar-refractivity contribution in [3.63, 3.8) is 0 Å². The van der Waals surface area contributed by atoms with E-state index in [1.54, 1.807) is 0 Å². The van der Waals surface area contributed by atoms with Crippen LogP contribution in [-0.2, 0) is 23.7 Å². The van der Waals surface area contributed by atoms with Crippen LogP contribution >= 0.6 is 0 Å². The van der Waals surface area contributed by atoms with E-state index in [9.17, 15) is 5.11 Å². The second-order valence-corrected chi connectivity index (χ2v) is 6.61. The number of rotatable bonds is 2. The maximum Gasteiger partial charge on any atom is 0.190 e. The Bertz CT molecular complexity index is 454. The van der Waals surface area contributed by atoms with E-state index in [0.717, 1.165) is 0 Å². The van der Waals surface area contributed by atoms with Crippen molar-refractivity contribution in [3.8, 4) is 12.3 Å². The molecule has 0 amide bonds. The smallest absolute Gasteiger partial charge is 0.190 e. The SMILES string of the molecule is C#CCC(O)[C@H]1O[C@@H]2OC(C)(C)O[C@@H]2[C@H]2OC(C)(C)O[C@H]21. The number of aliphatic hydroxyl groups is 1. The molecule has 0 aromatic heterocycles. The van der Waals surface area contributed by atoms with Gasteiger partial charge in [-0.15, -0.1) is 12.3 Å². The molecule has 3 heterocycles. The molecule has 21 heavy (non-hydrogen) atoms. The second-order valence-electron chi connectivity index (χ2n) is 6.61. The first-order valence-corrected chi connectivity index (χ1v) is 7.21. The minimum atomic E-state index is -0.840. The minimum absolute atomic E-state index is 0.180. The normalized spacial score (nSPS) is 44.7. The van der Waals surface area contributed by atoms with Gasteiger partial charge >= 0.3 is 0 Å². The van der Waals surface area contributed by atoms with Crippen LogP contribution in [-0.4, -0.2) is 53.5 Å². The summed E-state index contributed by atoms with van der Waals surface area (Å²) in [5.74, 6) is 0.915. The Morgan fingerprint density at radius 1 is 1.00 bits per heavy atom. The maximum absolute atomic E-state index is 10.2. The Morgan fingerprint density at radius 2 is 1.57 bits per heavy atom. The molecule has 1 unspecified atom stereocenters. The number of fused-ring (bicyclic) bond motifs is 3. The summed E-state index contributed by atoms with van der Waals surface area (Å²) in [4.78, 5) is 0. The van der Waals surface area contributed by atoms with Gasteiger partial charge in [-0.1, -0.05) is 0 Å². The largest absolute Gasteiger partial charge is 0.389 e. The third-order valence-corrected chi connectivity index (χ3v) is 3.90. The zero-order valence-corrected chi connectivity index (χ0v) is 12.7. The monoisotopic (exact) mass is 298 g/mol. The lowest BCUT2D eigenvalue weighted by Gasteiger charge is -2.38. The minimum Gasteiger partial charge on any atom is -0.389 e. The topological polar surface area (TPSA) is 66.4 Å². The Kier molecular flexibility index (Phi) is 3.56. The van der Waals surface area contributed by atoms with Crippen molar-refractivity contribution >= 4 is 0 Å². The van der Waals surface area contributed by atoms with E-state index in [4.69, 9.17) is 30.1 Å². The number of ether oxygens (including phenoxy) is 5. The molecule has 3 rings (SSSR count). The van der Waals surface area contributed by atoms with Gasteiger partial charge in [-0.25, -0.2) is 0 Å². The van der Waals surface area contributed by atoms with Gasteiger partial charge in [0.1, 0.15) is 24.4 Å². The van der Waals surface area contributed by atoms with Gasteiger partial charge in [0, 0.05) is 6.42 Å². The van der Waals surface area contributed by atoms with E-state index in [-0.39, 0.29) is 18.6 Å². The van der Waals surface area contributed by atoms with Crippen LogP contribution in [0, 0.1) is 12.3 Å². The molecule has 0 aromatic carbocycles. The highest BCUT2D eigenvalue weighted by Gasteiger charge is 2.61. The molecule has 118 valence electrons. The van der Waals surface area contributed by atoms with E-state index < -0.39 is 36.2 Å². The fourth-order valence-corrected chi connectivity index (χ4v) is 3.19. The van der Waals surface area contributed by atoms with E-state index in [2.05, 4.69) is 5.92 Å². The summed E-state index contributed by atoms with van der Waals surface area (Å²) in [5.41, 5.74) is 0. The Morgan fingerprint density at radius 3 is 2.24 bits per heavy atom.